The van der Waals surface area contributed by atoms with E-state index in [9.17, 15) is 4.79 Å². The molecule has 1 aromatic rings. The number of amides is 1. The third-order valence-corrected chi connectivity index (χ3v) is 3.79. The van der Waals surface area contributed by atoms with Gasteiger partial charge in [-0.2, -0.15) is 0 Å². The van der Waals surface area contributed by atoms with Gasteiger partial charge in [-0.1, -0.05) is 19.1 Å². The molecule has 1 N–H and O–H groups in total. The van der Waals surface area contributed by atoms with Crippen molar-refractivity contribution in [2.24, 2.45) is 0 Å². The van der Waals surface area contributed by atoms with Crippen molar-refractivity contribution < 1.29 is 4.79 Å². The average molecular weight is 260 g/mol. The van der Waals surface area contributed by atoms with Crippen LogP contribution in [0, 0.1) is 0 Å². The van der Waals surface area contributed by atoms with Crippen LogP contribution in [0.15, 0.2) is 24.3 Å². The summed E-state index contributed by atoms with van der Waals surface area (Å²) in [6, 6.07) is 8.68. The number of nitrogens with one attached hydrogen (secondary N) is 1. The largest absolute Gasteiger partial charge is 0.372 e. The van der Waals surface area contributed by atoms with Crippen LogP contribution in [0.25, 0.3) is 0 Å². The second-order valence-corrected chi connectivity index (χ2v) is 5.41. The predicted molar refractivity (Wildman–Crippen MR) is 79.5 cm³/mol. The molecule has 1 heterocycles. The van der Waals surface area contributed by atoms with E-state index >= 15 is 0 Å². The number of benzene rings is 1. The first-order valence-corrected chi connectivity index (χ1v) is 7.32. The first-order valence-electron chi connectivity index (χ1n) is 7.32. The molecule has 1 amide bonds. The molecular formula is C16H24N2O. The van der Waals surface area contributed by atoms with E-state index in [1.54, 1.807) is 0 Å². The van der Waals surface area contributed by atoms with Crippen LogP contribution in [0.4, 0.5) is 5.69 Å². The summed E-state index contributed by atoms with van der Waals surface area (Å²) >= 11 is 0. The summed E-state index contributed by atoms with van der Waals surface area (Å²) < 4.78 is 0. The zero-order chi connectivity index (χ0) is 13.7. The molecule has 0 aliphatic carbocycles. The van der Waals surface area contributed by atoms with Gasteiger partial charge < -0.3 is 10.2 Å². The second kappa shape index (κ2) is 6.60. The Morgan fingerprint density at radius 1 is 1.26 bits per heavy atom. The Balaban J connectivity index is 1.89. The molecule has 19 heavy (non-hydrogen) atoms. The lowest BCUT2D eigenvalue weighted by molar-refractivity contribution is -0.121. The van der Waals surface area contributed by atoms with Crippen LogP contribution in [0.3, 0.4) is 0 Å². The Morgan fingerprint density at radius 2 is 1.89 bits per heavy atom. The molecule has 1 fully saturated rings. The molecule has 3 nitrogen and oxygen atoms in total. The number of rotatable bonds is 5. The monoisotopic (exact) mass is 260 g/mol. The zero-order valence-electron chi connectivity index (χ0n) is 12.0. The highest BCUT2D eigenvalue weighted by atomic mass is 16.1. The molecule has 1 unspecified atom stereocenters. The standard InChI is InChI=1S/C16H24N2O/c1-3-13(2)17-16(19)12-14-6-8-15(9-7-14)18-10-4-5-11-18/h6-9,13H,3-5,10-12H2,1-2H3,(H,17,19). The fourth-order valence-electron chi connectivity index (χ4n) is 2.41. The molecule has 0 aromatic heterocycles. The Kier molecular flexibility index (Phi) is 4.83. The molecule has 0 saturated carbocycles. The van der Waals surface area contributed by atoms with Gasteiger partial charge in [0, 0.05) is 24.8 Å². The zero-order valence-corrected chi connectivity index (χ0v) is 12.0. The average Bonchev–Trinajstić information content (AvgIpc) is 2.93. The van der Waals surface area contributed by atoms with Crippen molar-refractivity contribution in [1.29, 1.82) is 0 Å². The van der Waals surface area contributed by atoms with Crippen molar-refractivity contribution in [3.8, 4) is 0 Å². The highest BCUT2D eigenvalue weighted by Crippen LogP contribution is 2.20. The Labute approximate surface area is 116 Å². The van der Waals surface area contributed by atoms with Gasteiger partial charge in [-0.25, -0.2) is 0 Å². The maximum atomic E-state index is 11.8. The van der Waals surface area contributed by atoms with Crippen LogP contribution in [-0.4, -0.2) is 25.0 Å². The molecule has 0 radical (unpaired) electrons. The SMILES string of the molecule is CCC(C)NC(=O)Cc1ccc(N2CCCC2)cc1. The van der Waals surface area contributed by atoms with Gasteiger partial charge >= 0.3 is 0 Å². The highest BCUT2D eigenvalue weighted by molar-refractivity contribution is 5.79. The molecular weight excluding hydrogens is 236 g/mol. The predicted octanol–water partition coefficient (Wildman–Crippen LogP) is 2.74. The van der Waals surface area contributed by atoms with Crippen LogP contribution in [0.5, 0.6) is 0 Å². The van der Waals surface area contributed by atoms with E-state index in [2.05, 4.69) is 41.4 Å². The van der Waals surface area contributed by atoms with Crippen molar-refractivity contribution in [1.82, 2.24) is 5.32 Å². The third-order valence-electron chi connectivity index (χ3n) is 3.79. The molecule has 2 rings (SSSR count). The van der Waals surface area contributed by atoms with E-state index < -0.39 is 0 Å². The van der Waals surface area contributed by atoms with Crippen LogP contribution in [0.1, 0.15) is 38.7 Å². The van der Waals surface area contributed by atoms with Crippen molar-refractivity contribution in [3.63, 3.8) is 0 Å². The van der Waals surface area contributed by atoms with Crippen molar-refractivity contribution >= 4 is 11.6 Å². The molecule has 1 aliphatic rings. The van der Waals surface area contributed by atoms with Crippen LogP contribution in [0.2, 0.25) is 0 Å². The number of hydrogen-bond donors (Lipinski definition) is 1. The number of nitrogens with zero attached hydrogens (tertiary/aromatic N) is 1. The van der Waals surface area contributed by atoms with Gasteiger partial charge in [-0.15, -0.1) is 0 Å². The summed E-state index contributed by atoms with van der Waals surface area (Å²) in [5.41, 5.74) is 2.37. The van der Waals surface area contributed by atoms with Crippen LogP contribution in [-0.2, 0) is 11.2 Å². The summed E-state index contributed by atoms with van der Waals surface area (Å²) in [4.78, 5) is 14.2. The summed E-state index contributed by atoms with van der Waals surface area (Å²) in [6.45, 7) is 6.44. The summed E-state index contributed by atoms with van der Waals surface area (Å²) in [5, 5.41) is 3.00. The Morgan fingerprint density at radius 3 is 2.47 bits per heavy atom. The molecule has 1 atom stereocenters. The smallest absolute Gasteiger partial charge is 0.224 e. The molecule has 0 spiro atoms. The number of hydrogen-bond acceptors (Lipinski definition) is 2. The Hall–Kier alpha value is -1.51. The van der Waals surface area contributed by atoms with E-state index in [0.29, 0.717) is 6.42 Å². The molecule has 0 bridgehead atoms. The van der Waals surface area contributed by atoms with Gasteiger partial charge in [0.15, 0.2) is 0 Å². The molecule has 1 aromatic carbocycles. The molecule has 3 heteroatoms. The number of carbonyl (C=O) groups is 1. The fourth-order valence-corrected chi connectivity index (χ4v) is 2.41. The first kappa shape index (κ1) is 13.9. The van der Waals surface area contributed by atoms with Crippen molar-refractivity contribution in [2.75, 3.05) is 18.0 Å². The van der Waals surface area contributed by atoms with Crippen LogP contribution < -0.4 is 10.2 Å². The van der Waals surface area contributed by atoms with Gasteiger partial charge in [0.1, 0.15) is 0 Å². The number of anilines is 1. The molecule has 1 aliphatic heterocycles. The maximum absolute atomic E-state index is 11.8. The number of carbonyl (C=O) groups excluding carboxylic acids is 1. The minimum Gasteiger partial charge on any atom is -0.372 e. The topological polar surface area (TPSA) is 32.3 Å². The van der Waals surface area contributed by atoms with E-state index in [1.165, 1.54) is 18.5 Å². The van der Waals surface area contributed by atoms with Crippen molar-refractivity contribution in [2.45, 2.75) is 45.6 Å². The maximum Gasteiger partial charge on any atom is 0.224 e. The van der Waals surface area contributed by atoms with E-state index in [1.807, 2.05) is 6.92 Å². The highest BCUT2D eigenvalue weighted by Gasteiger charge is 2.12. The minimum atomic E-state index is 0.114. The van der Waals surface area contributed by atoms with Gasteiger partial charge in [0.05, 0.1) is 6.42 Å². The van der Waals surface area contributed by atoms with Gasteiger partial charge in [0.25, 0.3) is 0 Å². The minimum absolute atomic E-state index is 0.114. The quantitative estimate of drug-likeness (QED) is 0.883. The third kappa shape index (κ3) is 3.98. The first-order chi connectivity index (χ1) is 9.19. The van der Waals surface area contributed by atoms with E-state index in [4.69, 9.17) is 0 Å². The van der Waals surface area contributed by atoms with Gasteiger partial charge in [0.2, 0.25) is 5.91 Å². The lowest BCUT2D eigenvalue weighted by Crippen LogP contribution is -2.33. The van der Waals surface area contributed by atoms with Gasteiger partial charge in [-0.3, -0.25) is 4.79 Å². The fraction of sp³-hybridized carbons (Fsp3) is 0.562. The molecule has 1 saturated heterocycles. The lowest BCUT2D eigenvalue weighted by atomic mass is 10.1. The second-order valence-electron chi connectivity index (χ2n) is 5.41. The summed E-state index contributed by atoms with van der Waals surface area (Å²) in [5.74, 6) is 0.114. The van der Waals surface area contributed by atoms with E-state index in [0.717, 1.165) is 25.1 Å². The van der Waals surface area contributed by atoms with Crippen molar-refractivity contribution in [3.05, 3.63) is 29.8 Å². The summed E-state index contributed by atoms with van der Waals surface area (Å²) in [7, 11) is 0. The lowest BCUT2D eigenvalue weighted by Gasteiger charge is -2.17. The molecule has 104 valence electrons. The van der Waals surface area contributed by atoms with Gasteiger partial charge in [-0.05, 0) is 43.9 Å². The Bertz CT molecular complexity index is 407. The normalized spacial score (nSPS) is 16.4. The van der Waals surface area contributed by atoms with Crippen LogP contribution >= 0.6 is 0 Å². The summed E-state index contributed by atoms with van der Waals surface area (Å²) in [6.07, 6.45) is 4.03. The van der Waals surface area contributed by atoms with E-state index in [-0.39, 0.29) is 11.9 Å².